The molecule has 0 aliphatic heterocycles. The number of aliphatic hydroxyl groups is 1. The van der Waals surface area contributed by atoms with Gasteiger partial charge in [-0.1, -0.05) is 0 Å². The predicted molar refractivity (Wildman–Crippen MR) is 51.5 cm³/mol. The van der Waals surface area contributed by atoms with Crippen LogP contribution < -0.4 is 4.90 Å². The second-order valence-electron chi connectivity index (χ2n) is 2.70. The summed E-state index contributed by atoms with van der Waals surface area (Å²) in [7, 11) is 0. The zero-order chi connectivity index (χ0) is 9.68. The Kier molecular flexibility index (Phi) is 3.64. The third-order valence-electron chi connectivity index (χ3n) is 1.92. The first-order valence-electron chi connectivity index (χ1n) is 4.48. The van der Waals surface area contributed by atoms with E-state index in [0.29, 0.717) is 5.69 Å². The van der Waals surface area contributed by atoms with Gasteiger partial charge in [-0.3, -0.25) is 4.98 Å². The third-order valence-corrected chi connectivity index (χ3v) is 1.92. The molecule has 0 bridgehead atoms. The van der Waals surface area contributed by atoms with E-state index in [1.165, 1.54) is 0 Å². The van der Waals surface area contributed by atoms with E-state index in [9.17, 15) is 0 Å². The van der Waals surface area contributed by atoms with Crippen LogP contribution in [0.3, 0.4) is 0 Å². The van der Waals surface area contributed by atoms with Gasteiger partial charge in [-0.2, -0.15) is 0 Å². The monoisotopic (exact) mass is 181 g/mol. The van der Waals surface area contributed by atoms with E-state index in [4.69, 9.17) is 5.11 Å². The summed E-state index contributed by atoms with van der Waals surface area (Å²) in [5.41, 5.74) is 0.615. The Bertz CT molecular complexity index is 261. The minimum absolute atomic E-state index is 0.0535. The summed E-state index contributed by atoms with van der Waals surface area (Å²) in [5.74, 6) is 0.830. The lowest BCUT2D eigenvalue weighted by Crippen LogP contribution is -2.23. The molecule has 0 spiro atoms. The molecule has 1 aromatic rings. The fourth-order valence-electron chi connectivity index (χ4n) is 1.17. The summed E-state index contributed by atoms with van der Waals surface area (Å²) in [5, 5.41) is 8.87. The molecule has 0 atom stereocenters. The number of anilines is 1. The van der Waals surface area contributed by atoms with Gasteiger partial charge in [-0.05, 0) is 13.8 Å². The van der Waals surface area contributed by atoms with Crippen molar-refractivity contribution in [3.05, 3.63) is 18.1 Å². The standard InChI is InChI=1S/C9H15N3O/c1-3-12(4-2)9-6-10-5-8(7-13)11-9/h5-6,13H,3-4,7H2,1-2H3. The normalized spacial score (nSPS) is 10.1. The highest BCUT2D eigenvalue weighted by Gasteiger charge is 2.03. The van der Waals surface area contributed by atoms with Crippen molar-refractivity contribution in [1.82, 2.24) is 9.97 Å². The van der Waals surface area contributed by atoms with Crippen LogP contribution in [-0.4, -0.2) is 28.2 Å². The van der Waals surface area contributed by atoms with Crippen molar-refractivity contribution in [2.45, 2.75) is 20.5 Å². The van der Waals surface area contributed by atoms with Crippen molar-refractivity contribution in [3.63, 3.8) is 0 Å². The molecule has 0 amide bonds. The average Bonchev–Trinajstić information content (AvgIpc) is 2.20. The highest BCUT2D eigenvalue weighted by Crippen LogP contribution is 2.08. The summed E-state index contributed by atoms with van der Waals surface area (Å²) in [6.07, 6.45) is 3.29. The number of aromatic nitrogens is 2. The summed E-state index contributed by atoms with van der Waals surface area (Å²) < 4.78 is 0. The topological polar surface area (TPSA) is 49.2 Å². The van der Waals surface area contributed by atoms with Crippen LogP contribution >= 0.6 is 0 Å². The maximum Gasteiger partial charge on any atom is 0.147 e. The second kappa shape index (κ2) is 4.77. The molecule has 0 saturated carbocycles. The van der Waals surface area contributed by atoms with Crippen LogP contribution in [0, 0.1) is 0 Å². The molecule has 0 saturated heterocycles. The quantitative estimate of drug-likeness (QED) is 0.747. The van der Waals surface area contributed by atoms with Crippen LogP contribution in [0.1, 0.15) is 19.5 Å². The summed E-state index contributed by atoms with van der Waals surface area (Å²) in [4.78, 5) is 10.3. The highest BCUT2D eigenvalue weighted by molar-refractivity contribution is 5.35. The summed E-state index contributed by atoms with van der Waals surface area (Å²) in [6, 6.07) is 0. The molecular formula is C9H15N3O. The number of aliphatic hydroxyl groups excluding tert-OH is 1. The van der Waals surface area contributed by atoms with Crippen molar-refractivity contribution < 1.29 is 5.11 Å². The van der Waals surface area contributed by atoms with E-state index >= 15 is 0 Å². The van der Waals surface area contributed by atoms with Crippen molar-refractivity contribution in [2.24, 2.45) is 0 Å². The zero-order valence-corrected chi connectivity index (χ0v) is 8.06. The molecule has 0 aliphatic carbocycles. The van der Waals surface area contributed by atoms with Crippen LogP contribution in [0.5, 0.6) is 0 Å². The molecule has 0 radical (unpaired) electrons. The molecule has 1 heterocycles. The van der Waals surface area contributed by atoms with E-state index in [1.54, 1.807) is 12.4 Å². The van der Waals surface area contributed by atoms with Gasteiger partial charge in [0.1, 0.15) is 5.82 Å². The molecule has 0 fully saturated rings. The number of hydrogen-bond acceptors (Lipinski definition) is 4. The number of nitrogens with zero attached hydrogens (tertiary/aromatic N) is 3. The Morgan fingerprint density at radius 2 is 2.00 bits per heavy atom. The van der Waals surface area contributed by atoms with Gasteiger partial charge >= 0.3 is 0 Å². The van der Waals surface area contributed by atoms with Gasteiger partial charge in [0.15, 0.2) is 0 Å². The smallest absolute Gasteiger partial charge is 0.147 e. The lowest BCUT2D eigenvalue weighted by atomic mass is 10.4. The van der Waals surface area contributed by atoms with E-state index in [2.05, 4.69) is 28.7 Å². The minimum Gasteiger partial charge on any atom is -0.390 e. The lowest BCUT2D eigenvalue weighted by molar-refractivity contribution is 0.276. The SMILES string of the molecule is CCN(CC)c1cncc(CO)n1. The van der Waals surface area contributed by atoms with Gasteiger partial charge in [-0.25, -0.2) is 4.98 Å². The Balaban J connectivity index is 2.86. The van der Waals surface area contributed by atoms with Crippen molar-refractivity contribution in [1.29, 1.82) is 0 Å². The van der Waals surface area contributed by atoms with Crippen LogP contribution in [0.4, 0.5) is 5.82 Å². The molecule has 13 heavy (non-hydrogen) atoms. The predicted octanol–water partition coefficient (Wildman–Crippen LogP) is 0.815. The Hall–Kier alpha value is -1.16. The second-order valence-corrected chi connectivity index (χ2v) is 2.70. The first-order valence-corrected chi connectivity index (χ1v) is 4.48. The molecule has 1 N–H and O–H groups in total. The highest BCUT2D eigenvalue weighted by atomic mass is 16.3. The molecule has 0 unspecified atom stereocenters. The van der Waals surface area contributed by atoms with Gasteiger partial charge in [0.2, 0.25) is 0 Å². The summed E-state index contributed by atoms with van der Waals surface area (Å²) >= 11 is 0. The molecule has 0 aliphatic rings. The van der Waals surface area contributed by atoms with E-state index < -0.39 is 0 Å². The maximum absolute atomic E-state index is 8.87. The van der Waals surface area contributed by atoms with Crippen molar-refractivity contribution in [3.8, 4) is 0 Å². The molecular weight excluding hydrogens is 166 g/mol. The van der Waals surface area contributed by atoms with E-state index in [1.807, 2.05) is 0 Å². The van der Waals surface area contributed by atoms with Crippen LogP contribution in [-0.2, 0) is 6.61 Å². The average molecular weight is 181 g/mol. The van der Waals surface area contributed by atoms with Gasteiger partial charge in [-0.15, -0.1) is 0 Å². The molecule has 72 valence electrons. The Morgan fingerprint density at radius 3 is 2.54 bits per heavy atom. The largest absolute Gasteiger partial charge is 0.390 e. The maximum atomic E-state index is 8.87. The van der Waals surface area contributed by atoms with Crippen molar-refractivity contribution in [2.75, 3.05) is 18.0 Å². The molecule has 1 aromatic heterocycles. The van der Waals surface area contributed by atoms with E-state index in [-0.39, 0.29) is 6.61 Å². The summed E-state index contributed by atoms with van der Waals surface area (Å²) in [6.45, 7) is 5.88. The molecule has 1 rings (SSSR count). The zero-order valence-electron chi connectivity index (χ0n) is 8.06. The molecule has 4 nitrogen and oxygen atoms in total. The third kappa shape index (κ3) is 2.39. The van der Waals surface area contributed by atoms with Gasteiger partial charge in [0.05, 0.1) is 24.7 Å². The first kappa shape index (κ1) is 9.92. The fourth-order valence-corrected chi connectivity index (χ4v) is 1.17. The fraction of sp³-hybridized carbons (Fsp3) is 0.556. The number of hydrogen-bond donors (Lipinski definition) is 1. The van der Waals surface area contributed by atoms with Crippen LogP contribution in [0.2, 0.25) is 0 Å². The Labute approximate surface area is 78.2 Å². The van der Waals surface area contributed by atoms with Crippen molar-refractivity contribution >= 4 is 5.82 Å². The molecule has 0 aromatic carbocycles. The van der Waals surface area contributed by atoms with Gasteiger partial charge < -0.3 is 10.0 Å². The van der Waals surface area contributed by atoms with E-state index in [0.717, 1.165) is 18.9 Å². The lowest BCUT2D eigenvalue weighted by Gasteiger charge is -2.19. The molecule has 4 heteroatoms. The van der Waals surface area contributed by atoms with Gasteiger partial charge in [0, 0.05) is 13.1 Å². The number of rotatable bonds is 4. The minimum atomic E-state index is -0.0535. The first-order chi connectivity index (χ1) is 6.31. The van der Waals surface area contributed by atoms with Crippen LogP contribution in [0.25, 0.3) is 0 Å². The van der Waals surface area contributed by atoms with Gasteiger partial charge in [0.25, 0.3) is 0 Å². The Morgan fingerprint density at radius 1 is 1.31 bits per heavy atom. The van der Waals surface area contributed by atoms with Crippen LogP contribution in [0.15, 0.2) is 12.4 Å².